The minimum absolute atomic E-state index is 0.0138. The Morgan fingerprint density at radius 1 is 1.29 bits per heavy atom. The molecule has 0 aromatic heterocycles. The van der Waals surface area contributed by atoms with Gasteiger partial charge in [0.05, 0.1) is 0 Å². The van der Waals surface area contributed by atoms with Crippen molar-refractivity contribution in [3.05, 3.63) is 29.8 Å². The van der Waals surface area contributed by atoms with Crippen molar-refractivity contribution in [1.82, 2.24) is 0 Å². The summed E-state index contributed by atoms with van der Waals surface area (Å²) >= 11 is 0. The van der Waals surface area contributed by atoms with Gasteiger partial charge in [-0.15, -0.1) is 0 Å². The van der Waals surface area contributed by atoms with E-state index in [0.717, 1.165) is 6.42 Å². The van der Waals surface area contributed by atoms with Crippen molar-refractivity contribution in [2.45, 2.75) is 20.3 Å². The first kappa shape index (κ1) is 13.2. The molecular weight excluding hydrogens is 218 g/mol. The number of nitrogens with two attached hydrogens (primary N) is 1. The minimum Gasteiger partial charge on any atom is -0.486 e. The van der Waals surface area contributed by atoms with Crippen molar-refractivity contribution in [2.75, 3.05) is 6.61 Å². The van der Waals surface area contributed by atoms with Crippen LogP contribution in [0.1, 0.15) is 30.6 Å². The zero-order valence-corrected chi connectivity index (χ0v) is 10.1. The van der Waals surface area contributed by atoms with Crippen molar-refractivity contribution in [2.24, 2.45) is 11.7 Å². The number of hydrogen-bond acceptors (Lipinski definition) is 3. The number of ether oxygens (including phenoxy) is 1. The van der Waals surface area contributed by atoms with E-state index >= 15 is 0 Å². The predicted octanol–water partition coefficient (Wildman–Crippen LogP) is 1.78. The van der Waals surface area contributed by atoms with E-state index in [1.165, 1.54) is 0 Å². The van der Waals surface area contributed by atoms with Crippen LogP contribution in [0.4, 0.5) is 0 Å². The summed E-state index contributed by atoms with van der Waals surface area (Å²) in [7, 11) is 0. The molecule has 0 saturated carbocycles. The molecular formula is C13H17NO3. The number of benzene rings is 1. The van der Waals surface area contributed by atoms with Crippen LogP contribution in [-0.4, -0.2) is 18.3 Å². The lowest BCUT2D eigenvalue weighted by Crippen LogP contribution is -2.18. The first-order valence-corrected chi connectivity index (χ1v) is 5.60. The molecule has 1 rings (SSSR count). The third-order valence-electron chi connectivity index (χ3n) is 2.68. The second-order valence-corrected chi connectivity index (χ2v) is 3.95. The van der Waals surface area contributed by atoms with E-state index in [1.807, 2.05) is 13.8 Å². The van der Waals surface area contributed by atoms with Gasteiger partial charge in [0.2, 0.25) is 5.91 Å². The SMILES string of the molecule is CCC(C)C(=O)COc1ccc(C(N)=O)cc1. The Bertz CT molecular complexity index is 398. The third-order valence-corrected chi connectivity index (χ3v) is 2.68. The molecule has 0 radical (unpaired) electrons. The monoisotopic (exact) mass is 235 g/mol. The average Bonchev–Trinajstić information content (AvgIpc) is 2.35. The Morgan fingerprint density at radius 2 is 1.88 bits per heavy atom. The fraction of sp³-hybridized carbons (Fsp3) is 0.385. The molecule has 1 unspecified atom stereocenters. The first-order chi connectivity index (χ1) is 8.04. The van der Waals surface area contributed by atoms with Crippen molar-refractivity contribution in [3.8, 4) is 5.75 Å². The van der Waals surface area contributed by atoms with Gasteiger partial charge in [0.15, 0.2) is 5.78 Å². The van der Waals surface area contributed by atoms with E-state index < -0.39 is 5.91 Å². The lowest BCUT2D eigenvalue weighted by molar-refractivity contribution is -0.124. The molecule has 0 fully saturated rings. The molecule has 0 aliphatic carbocycles. The van der Waals surface area contributed by atoms with Gasteiger partial charge in [-0.3, -0.25) is 9.59 Å². The predicted molar refractivity (Wildman–Crippen MR) is 64.9 cm³/mol. The summed E-state index contributed by atoms with van der Waals surface area (Å²) in [5, 5.41) is 0. The second-order valence-electron chi connectivity index (χ2n) is 3.95. The number of Topliss-reactive ketones (excluding diaryl/α,β-unsaturated/α-hetero) is 1. The van der Waals surface area contributed by atoms with Gasteiger partial charge >= 0.3 is 0 Å². The van der Waals surface area contributed by atoms with Gasteiger partial charge in [-0.2, -0.15) is 0 Å². The molecule has 1 atom stereocenters. The highest BCUT2D eigenvalue weighted by Gasteiger charge is 2.11. The van der Waals surface area contributed by atoms with Crippen LogP contribution in [0.3, 0.4) is 0 Å². The van der Waals surface area contributed by atoms with Crippen LogP contribution in [-0.2, 0) is 4.79 Å². The summed E-state index contributed by atoms with van der Waals surface area (Å²) < 4.78 is 5.32. The highest BCUT2D eigenvalue weighted by Crippen LogP contribution is 2.12. The number of amides is 1. The molecule has 0 aliphatic heterocycles. The van der Waals surface area contributed by atoms with E-state index in [-0.39, 0.29) is 18.3 Å². The number of primary amides is 1. The Hall–Kier alpha value is -1.84. The topological polar surface area (TPSA) is 69.4 Å². The van der Waals surface area contributed by atoms with Crippen LogP contribution in [0.15, 0.2) is 24.3 Å². The maximum atomic E-state index is 11.5. The fourth-order valence-corrected chi connectivity index (χ4v) is 1.24. The smallest absolute Gasteiger partial charge is 0.248 e. The largest absolute Gasteiger partial charge is 0.486 e. The normalized spacial score (nSPS) is 11.9. The van der Waals surface area contributed by atoms with E-state index in [0.29, 0.717) is 11.3 Å². The molecule has 1 amide bonds. The first-order valence-electron chi connectivity index (χ1n) is 5.60. The van der Waals surface area contributed by atoms with Crippen molar-refractivity contribution >= 4 is 11.7 Å². The van der Waals surface area contributed by atoms with Crippen LogP contribution in [0.5, 0.6) is 5.75 Å². The van der Waals surface area contributed by atoms with Gasteiger partial charge in [0.25, 0.3) is 0 Å². The second kappa shape index (κ2) is 6.03. The number of carbonyl (C=O) groups excluding carboxylic acids is 2. The summed E-state index contributed by atoms with van der Waals surface area (Å²) in [6.45, 7) is 3.90. The Labute approximate surface area is 101 Å². The maximum Gasteiger partial charge on any atom is 0.248 e. The highest BCUT2D eigenvalue weighted by molar-refractivity contribution is 5.92. The van der Waals surface area contributed by atoms with Gasteiger partial charge in [0.1, 0.15) is 12.4 Å². The quantitative estimate of drug-likeness (QED) is 0.817. The summed E-state index contributed by atoms with van der Waals surface area (Å²) in [5.41, 5.74) is 5.53. The van der Waals surface area contributed by atoms with Crippen LogP contribution < -0.4 is 10.5 Å². The zero-order chi connectivity index (χ0) is 12.8. The fourth-order valence-electron chi connectivity index (χ4n) is 1.24. The molecule has 1 aromatic rings. The van der Waals surface area contributed by atoms with Crippen LogP contribution >= 0.6 is 0 Å². The number of hydrogen-bond donors (Lipinski definition) is 1. The summed E-state index contributed by atoms with van der Waals surface area (Å²) in [5.74, 6) is 0.172. The number of carbonyl (C=O) groups is 2. The van der Waals surface area contributed by atoms with Gasteiger partial charge in [-0.25, -0.2) is 0 Å². The summed E-state index contributed by atoms with van der Waals surface area (Å²) in [6, 6.07) is 6.41. The van der Waals surface area contributed by atoms with E-state index in [9.17, 15) is 9.59 Å². The Morgan fingerprint density at radius 3 is 2.35 bits per heavy atom. The van der Waals surface area contributed by atoms with Gasteiger partial charge in [0, 0.05) is 11.5 Å². The molecule has 2 N–H and O–H groups in total. The van der Waals surface area contributed by atoms with Gasteiger partial charge in [-0.05, 0) is 30.7 Å². The lowest BCUT2D eigenvalue weighted by Gasteiger charge is -2.09. The van der Waals surface area contributed by atoms with Gasteiger partial charge < -0.3 is 10.5 Å². The van der Waals surface area contributed by atoms with Crippen LogP contribution in [0.25, 0.3) is 0 Å². The van der Waals surface area contributed by atoms with Crippen LogP contribution in [0, 0.1) is 5.92 Å². The van der Waals surface area contributed by atoms with Crippen molar-refractivity contribution in [1.29, 1.82) is 0 Å². The van der Waals surface area contributed by atoms with Crippen molar-refractivity contribution < 1.29 is 14.3 Å². The zero-order valence-electron chi connectivity index (χ0n) is 10.1. The van der Waals surface area contributed by atoms with E-state index in [2.05, 4.69) is 0 Å². The Kier molecular flexibility index (Phi) is 4.69. The molecule has 0 bridgehead atoms. The molecule has 4 heteroatoms. The molecule has 0 heterocycles. The van der Waals surface area contributed by atoms with Crippen molar-refractivity contribution in [3.63, 3.8) is 0 Å². The third kappa shape index (κ3) is 3.90. The van der Waals surface area contributed by atoms with Crippen LogP contribution in [0.2, 0.25) is 0 Å². The number of rotatable bonds is 6. The average molecular weight is 235 g/mol. The lowest BCUT2D eigenvalue weighted by atomic mass is 10.0. The molecule has 4 nitrogen and oxygen atoms in total. The molecule has 0 aliphatic rings. The summed E-state index contributed by atoms with van der Waals surface area (Å²) in [6.07, 6.45) is 0.808. The molecule has 0 saturated heterocycles. The molecule has 1 aromatic carbocycles. The molecule has 0 spiro atoms. The van der Waals surface area contributed by atoms with Gasteiger partial charge in [-0.1, -0.05) is 13.8 Å². The molecule has 92 valence electrons. The molecule has 17 heavy (non-hydrogen) atoms. The highest BCUT2D eigenvalue weighted by atomic mass is 16.5. The van der Waals surface area contributed by atoms with E-state index in [1.54, 1.807) is 24.3 Å². The standard InChI is InChI=1S/C13H17NO3/c1-3-9(2)12(15)8-17-11-6-4-10(5-7-11)13(14)16/h4-7,9H,3,8H2,1-2H3,(H2,14,16). The minimum atomic E-state index is -0.479. The summed E-state index contributed by atoms with van der Waals surface area (Å²) in [4.78, 5) is 22.4. The number of ketones is 1. The Balaban J connectivity index is 2.53. The maximum absolute atomic E-state index is 11.5. The van der Waals surface area contributed by atoms with E-state index in [4.69, 9.17) is 10.5 Å².